The van der Waals surface area contributed by atoms with E-state index in [9.17, 15) is 0 Å². The third-order valence-electron chi connectivity index (χ3n) is 5.84. The average molecular weight is 403 g/mol. The number of aliphatic imine (C=N–C) groups is 1. The predicted octanol–water partition coefficient (Wildman–Crippen LogP) is 1.03. The van der Waals surface area contributed by atoms with Crippen molar-refractivity contribution in [2.45, 2.75) is 45.7 Å². The molecule has 29 heavy (non-hydrogen) atoms. The van der Waals surface area contributed by atoms with Gasteiger partial charge in [0.05, 0.1) is 6.54 Å². The first kappa shape index (κ1) is 21.8. The van der Waals surface area contributed by atoms with Gasteiger partial charge >= 0.3 is 0 Å². The Labute approximate surface area is 175 Å². The Morgan fingerprint density at radius 1 is 1.10 bits per heavy atom. The average Bonchev–Trinajstić information content (AvgIpc) is 2.75. The van der Waals surface area contributed by atoms with E-state index in [4.69, 9.17) is 4.99 Å². The van der Waals surface area contributed by atoms with Crippen molar-refractivity contribution < 1.29 is 0 Å². The van der Waals surface area contributed by atoms with Crippen LogP contribution in [-0.2, 0) is 0 Å². The molecule has 0 spiro atoms. The quantitative estimate of drug-likeness (QED) is 0.521. The summed E-state index contributed by atoms with van der Waals surface area (Å²) in [6.07, 6.45) is 5.99. The van der Waals surface area contributed by atoms with Crippen LogP contribution >= 0.6 is 0 Å². The van der Waals surface area contributed by atoms with Crippen LogP contribution in [0.15, 0.2) is 23.5 Å². The van der Waals surface area contributed by atoms with Gasteiger partial charge in [-0.05, 0) is 39.7 Å². The van der Waals surface area contributed by atoms with E-state index in [-0.39, 0.29) is 0 Å². The monoisotopic (exact) mass is 402 g/mol. The largest absolute Gasteiger partial charge is 0.357 e. The van der Waals surface area contributed by atoms with Gasteiger partial charge in [0.25, 0.3) is 0 Å². The lowest BCUT2D eigenvalue weighted by Crippen LogP contribution is -2.50. The van der Waals surface area contributed by atoms with Gasteiger partial charge in [0.15, 0.2) is 5.96 Å². The van der Waals surface area contributed by atoms with E-state index in [1.807, 2.05) is 18.5 Å². The zero-order valence-electron chi connectivity index (χ0n) is 18.3. The van der Waals surface area contributed by atoms with Crippen molar-refractivity contribution in [3.05, 3.63) is 18.5 Å². The van der Waals surface area contributed by atoms with Gasteiger partial charge in [-0.15, -0.1) is 0 Å². The smallest absolute Gasteiger partial charge is 0.225 e. The molecular weight excluding hydrogens is 364 g/mol. The normalized spacial score (nSPS) is 20.3. The van der Waals surface area contributed by atoms with Crippen molar-refractivity contribution in [3.8, 4) is 0 Å². The SMILES string of the molecule is CCNC(=NCCN1CCN(c2ncccn2)CC1)NC1CCN(C(C)C)CC1. The van der Waals surface area contributed by atoms with E-state index in [1.54, 1.807) is 0 Å². The van der Waals surface area contributed by atoms with E-state index in [0.29, 0.717) is 12.1 Å². The number of rotatable bonds is 7. The number of guanidine groups is 1. The molecule has 2 N–H and O–H groups in total. The molecule has 0 amide bonds. The predicted molar refractivity (Wildman–Crippen MR) is 120 cm³/mol. The Balaban J connectivity index is 1.39. The van der Waals surface area contributed by atoms with Gasteiger partial charge in [0.2, 0.25) is 5.95 Å². The molecule has 1 aromatic rings. The van der Waals surface area contributed by atoms with Gasteiger partial charge in [0.1, 0.15) is 0 Å². The summed E-state index contributed by atoms with van der Waals surface area (Å²) < 4.78 is 0. The van der Waals surface area contributed by atoms with Crippen molar-refractivity contribution in [2.24, 2.45) is 4.99 Å². The number of anilines is 1. The van der Waals surface area contributed by atoms with Crippen molar-refractivity contribution in [3.63, 3.8) is 0 Å². The lowest BCUT2D eigenvalue weighted by molar-refractivity contribution is 0.167. The third kappa shape index (κ3) is 6.82. The van der Waals surface area contributed by atoms with E-state index < -0.39 is 0 Å². The molecule has 2 aliphatic rings. The van der Waals surface area contributed by atoms with Crippen LogP contribution < -0.4 is 15.5 Å². The molecule has 8 nitrogen and oxygen atoms in total. The number of nitrogens with zero attached hydrogens (tertiary/aromatic N) is 6. The highest BCUT2D eigenvalue weighted by atomic mass is 15.3. The van der Waals surface area contributed by atoms with Gasteiger partial charge in [-0.3, -0.25) is 9.89 Å². The fourth-order valence-electron chi connectivity index (χ4n) is 4.00. The van der Waals surface area contributed by atoms with Gasteiger partial charge in [0, 0.05) is 76.8 Å². The molecule has 0 aromatic carbocycles. The number of likely N-dealkylation sites (tertiary alicyclic amines) is 1. The highest BCUT2D eigenvalue weighted by molar-refractivity contribution is 5.80. The molecule has 2 saturated heterocycles. The fourth-order valence-corrected chi connectivity index (χ4v) is 4.00. The van der Waals surface area contributed by atoms with Crippen LogP contribution in [0.3, 0.4) is 0 Å². The second kappa shape index (κ2) is 11.3. The summed E-state index contributed by atoms with van der Waals surface area (Å²) in [6, 6.07) is 3.03. The van der Waals surface area contributed by atoms with Crippen LogP contribution in [0.25, 0.3) is 0 Å². The Bertz CT molecular complexity index is 604. The van der Waals surface area contributed by atoms with Gasteiger partial charge in [-0.2, -0.15) is 0 Å². The van der Waals surface area contributed by atoms with Crippen LogP contribution in [0.2, 0.25) is 0 Å². The molecule has 0 atom stereocenters. The Hall–Kier alpha value is -1.93. The van der Waals surface area contributed by atoms with Crippen LogP contribution in [0.4, 0.5) is 5.95 Å². The zero-order valence-corrected chi connectivity index (χ0v) is 18.3. The molecule has 2 fully saturated rings. The van der Waals surface area contributed by atoms with Crippen LogP contribution in [0.1, 0.15) is 33.6 Å². The molecule has 0 unspecified atom stereocenters. The zero-order chi connectivity index (χ0) is 20.5. The molecule has 0 bridgehead atoms. The summed E-state index contributed by atoms with van der Waals surface area (Å²) in [5.74, 6) is 1.80. The summed E-state index contributed by atoms with van der Waals surface area (Å²) in [4.78, 5) is 20.8. The van der Waals surface area contributed by atoms with Crippen molar-refractivity contribution in [1.29, 1.82) is 0 Å². The Morgan fingerprint density at radius 2 is 1.79 bits per heavy atom. The number of piperidine rings is 1. The first-order chi connectivity index (χ1) is 14.2. The minimum atomic E-state index is 0.525. The van der Waals surface area contributed by atoms with Crippen LogP contribution in [0, 0.1) is 0 Å². The van der Waals surface area contributed by atoms with Crippen molar-refractivity contribution >= 4 is 11.9 Å². The summed E-state index contributed by atoms with van der Waals surface area (Å²) in [5.41, 5.74) is 0. The van der Waals surface area contributed by atoms with Crippen LogP contribution in [-0.4, -0.2) is 96.7 Å². The Morgan fingerprint density at radius 3 is 2.41 bits per heavy atom. The van der Waals surface area contributed by atoms with Gasteiger partial charge < -0.3 is 20.4 Å². The topological polar surface area (TPSA) is 71.9 Å². The maximum atomic E-state index is 4.83. The highest BCUT2D eigenvalue weighted by Gasteiger charge is 2.22. The van der Waals surface area contributed by atoms with Crippen LogP contribution in [0.5, 0.6) is 0 Å². The molecular formula is C21H38N8. The first-order valence-corrected chi connectivity index (χ1v) is 11.2. The van der Waals surface area contributed by atoms with E-state index in [2.05, 4.69) is 56.1 Å². The summed E-state index contributed by atoms with van der Waals surface area (Å²) in [6.45, 7) is 15.8. The summed E-state index contributed by atoms with van der Waals surface area (Å²) in [5, 5.41) is 7.06. The summed E-state index contributed by atoms with van der Waals surface area (Å²) in [7, 11) is 0. The van der Waals surface area contributed by atoms with Gasteiger partial charge in [-0.25, -0.2) is 9.97 Å². The maximum absolute atomic E-state index is 4.83. The second-order valence-corrected chi connectivity index (χ2v) is 8.19. The van der Waals surface area contributed by atoms with E-state index in [0.717, 1.165) is 57.7 Å². The number of piperazine rings is 1. The minimum Gasteiger partial charge on any atom is -0.357 e. The maximum Gasteiger partial charge on any atom is 0.225 e. The fraction of sp³-hybridized carbons (Fsp3) is 0.762. The number of nitrogens with one attached hydrogen (secondary N) is 2. The van der Waals surface area contributed by atoms with Crippen molar-refractivity contribution in [2.75, 3.05) is 63.8 Å². The Kier molecular flexibility index (Phi) is 8.49. The molecule has 3 rings (SSSR count). The molecule has 1 aromatic heterocycles. The molecule has 8 heteroatoms. The minimum absolute atomic E-state index is 0.525. The second-order valence-electron chi connectivity index (χ2n) is 8.19. The third-order valence-corrected chi connectivity index (χ3v) is 5.84. The summed E-state index contributed by atoms with van der Waals surface area (Å²) >= 11 is 0. The molecule has 3 heterocycles. The molecule has 0 radical (unpaired) electrons. The standard InChI is InChI=1S/C21H38N8/c1-4-22-20(26-19-6-11-28(12-7-19)18(2)3)23-10-13-27-14-16-29(17-15-27)21-24-8-5-9-25-21/h5,8-9,18-19H,4,6-7,10-17H2,1-3H3,(H2,22,23,26). The molecule has 162 valence electrons. The van der Waals surface area contributed by atoms with E-state index >= 15 is 0 Å². The van der Waals surface area contributed by atoms with Gasteiger partial charge in [-0.1, -0.05) is 0 Å². The number of aromatic nitrogens is 2. The molecule has 0 aliphatic carbocycles. The first-order valence-electron chi connectivity index (χ1n) is 11.2. The molecule has 2 aliphatic heterocycles. The number of hydrogen-bond acceptors (Lipinski definition) is 6. The lowest BCUT2D eigenvalue weighted by Gasteiger charge is -2.35. The van der Waals surface area contributed by atoms with Crippen molar-refractivity contribution in [1.82, 2.24) is 30.4 Å². The number of hydrogen-bond donors (Lipinski definition) is 2. The highest BCUT2D eigenvalue weighted by Crippen LogP contribution is 2.13. The van der Waals surface area contributed by atoms with E-state index in [1.165, 1.54) is 25.9 Å². The molecule has 0 saturated carbocycles. The lowest BCUT2D eigenvalue weighted by atomic mass is 10.0.